The first-order valence-electron chi connectivity index (χ1n) is 23.6. The summed E-state index contributed by atoms with van der Waals surface area (Å²) in [6.45, 7) is 16.3. The highest BCUT2D eigenvalue weighted by atomic mass is 35.5. The van der Waals surface area contributed by atoms with Gasteiger partial charge in [-0.3, -0.25) is 4.79 Å². The van der Waals surface area contributed by atoms with Crippen molar-refractivity contribution in [2.75, 3.05) is 55.3 Å². The number of anilines is 2. The maximum atomic E-state index is 14.3. The average Bonchev–Trinajstić information content (AvgIpc) is 3.33. The molecule has 0 aliphatic carbocycles. The molecule has 1 aliphatic heterocycles. The number of aliphatic hydroxyl groups excluding tert-OH is 1. The summed E-state index contributed by atoms with van der Waals surface area (Å²) in [7, 11) is -13.0. The summed E-state index contributed by atoms with van der Waals surface area (Å²) in [5, 5.41) is 15.2. The van der Waals surface area contributed by atoms with Crippen LogP contribution in [-0.2, 0) is 24.3 Å². The van der Waals surface area contributed by atoms with E-state index in [1.165, 1.54) is 23.9 Å². The smallest absolute Gasteiger partial charge is 0.416 e. The van der Waals surface area contributed by atoms with Gasteiger partial charge in [-0.25, -0.2) is 21.6 Å². The second-order valence-electron chi connectivity index (χ2n) is 19.2. The molecule has 19 heteroatoms. The van der Waals surface area contributed by atoms with Crippen LogP contribution in [0.4, 0.5) is 24.5 Å². The van der Waals surface area contributed by atoms with E-state index in [9.17, 15) is 39.9 Å². The number of carbonyl (C=O) groups is 1. The van der Waals surface area contributed by atoms with Crippen molar-refractivity contribution in [3.63, 3.8) is 0 Å². The van der Waals surface area contributed by atoms with E-state index in [2.05, 4.69) is 49.0 Å². The number of hydrogen-bond acceptors (Lipinski definition) is 11. The molecule has 0 aromatic heterocycles. The number of piperidine rings is 1. The number of likely N-dealkylation sites (N-methyl/N-ethyl adjacent to an activating group) is 1. The predicted molar refractivity (Wildman–Crippen MR) is 282 cm³/mol. The number of sulfone groups is 1. The van der Waals surface area contributed by atoms with E-state index in [1.54, 1.807) is 12.1 Å². The molecule has 5 aromatic rings. The number of sulfonamides is 1. The molecule has 1 aliphatic rings. The third-order valence-corrected chi connectivity index (χ3v) is 22.3. The van der Waals surface area contributed by atoms with Crippen molar-refractivity contribution >= 4 is 68.8 Å². The lowest BCUT2D eigenvalue weighted by molar-refractivity contribution is -0.0435. The van der Waals surface area contributed by atoms with Crippen LogP contribution in [0.15, 0.2) is 136 Å². The molecule has 71 heavy (non-hydrogen) atoms. The molecule has 11 nitrogen and oxygen atoms in total. The lowest BCUT2D eigenvalue weighted by atomic mass is 9.84. The van der Waals surface area contributed by atoms with Crippen molar-refractivity contribution in [2.45, 2.75) is 97.4 Å². The number of halogens is 4. The molecule has 3 N–H and O–H groups in total. The minimum atomic E-state index is -6.10. The normalized spacial score (nSPS) is 15.1. The number of nitrogens with zero attached hydrogens (tertiary/aromatic N) is 2. The number of thioether (sulfide) groups is 1. The number of aliphatic hydroxyl groups is 1. The number of carbonyl (C=O) groups excluding carboxylic acids is 1. The summed E-state index contributed by atoms with van der Waals surface area (Å²) < 4.78 is 105. The van der Waals surface area contributed by atoms with Gasteiger partial charge in [0, 0.05) is 65.7 Å². The van der Waals surface area contributed by atoms with Gasteiger partial charge in [-0.15, -0.1) is 11.8 Å². The number of alkyl halides is 3. The van der Waals surface area contributed by atoms with Crippen LogP contribution in [0, 0.1) is 5.92 Å². The van der Waals surface area contributed by atoms with Gasteiger partial charge in [0.25, 0.3) is 25.8 Å². The van der Waals surface area contributed by atoms with Crippen LogP contribution in [0.1, 0.15) is 69.0 Å². The first kappa shape index (κ1) is 55.9. The zero-order valence-corrected chi connectivity index (χ0v) is 45.1. The molecular weight excluding hydrogens is 1010 g/mol. The number of nitrogens with one attached hydrogen (secondary N) is 2. The topological polar surface area (TPSA) is 145 Å². The van der Waals surface area contributed by atoms with Crippen LogP contribution < -0.4 is 14.9 Å². The Balaban J connectivity index is 1.14. The lowest BCUT2D eigenvalue weighted by Crippen LogP contribution is -2.43. The number of benzene rings is 5. The van der Waals surface area contributed by atoms with Crippen LogP contribution in [0.25, 0.3) is 11.1 Å². The molecule has 0 saturated carbocycles. The molecule has 2 atom stereocenters. The zero-order valence-electron chi connectivity index (χ0n) is 40.9. The van der Waals surface area contributed by atoms with Gasteiger partial charge in [-0.1, -0.05) is 93.9 Å². The standard InChI is InChI=1S/C52H64ClF3N4O7S3Si/c1-7-59(33-34-67-71(5,6)51(2,3)4)30-29-41(36-68-43-13-9-8-10-14-43)57-47-26-25-44(35-48(47)69(63,64)52(54,55)56)70(65,66)58-50(62)39-19-23-42(24-20-39)60-31-27-38(28-32-60)49(61)46-16-12-11-15-45(46)37-17-21-40(53)22-18-37/h8-26,35,38,41,49,57,61H,7,27-34,36H2,1-6H3,(H,58,62). The van der Waals surface area contributed by atoms with Crippen LogP contribution >= 0.6 is 23.4 Å². The van der Waals surface area contributed by atoms with E-state index in [-0.39, 0.29) is 16.5 Å². The number of amides is 1. The highest BCUT2D eigenvalue weighted by Crippen LogP contribution is 2.40. The van der Waals surface area contributed by atoms with Crippen molar-refractivity contribution in [3.8, 4) is 11.1 Å². The van der Waals surface area contributed by atoms with Crippen LogP contribution in [0.5, 0.6) is 0 Å². The fourth-order valence-electron chi connectivity index (χ4n) is 8.12. The van der Waals surface area contributed by atoms with Gasteiger partial charge in [-0.05, 0) is 133 Å². The quantitative estimate of drug-likeness (QED) is 0.0477. The van der Waals surface area contributed by atoms with Crippen molar-refractivity contribution < 1.29 is 44.3 Å². The molecule has 384 valence electrons. The predicted octanol–water partition coefficient (Wildman–Crippen LogP) is 11.7. The second-order valence-corrected chi connectivity index (χ2v) is 29.2. The molecule has 0 spiro atoms. The van der Waals surface area contributed by atoms with Gasteiger partial charge in [0.1, 0.15) is 4.90 Å². The van der Waals surface area contributed by atoms with Crippen LogP contribution in [0.3, 0.4) is 0 Å². The average molecular weight is 1070 g/mol. The zero-order chi connectivity index (χ0) is 51.8. The van der Waals surface area contributed by atoms with E-state index in [0.29, 0.717) is 75.4 Å². The Morgan fingerprint density at radius 2 is 1.52 bits per heavy atom. The van der Waals surface area contributed by atoms with Crippen molar-refractivity contribution in [1.29, 1.82) is 0 Å². The third-order valence-electron chi connectivity index (χ3n) is 13.5. The lowest BCUT2D eigenvalue weighted by Gasteiger charge is -2.37. The van der Waals surface area contributed by atoms with Crippen molar-refractivity contribution in [2.24, 2.45) is 5.92 Å². The Morgan fingerprint density at radius 1 is 0.887 bits per heavy atom. The summed E-state index contributed by atoms with van der Waals surface area (Å²) in [6.07, 6.45) is 1.04. The highest BCUT2D eigenvalue weighted by molar-refractivity contribution is 7.99. The Hall–Kier alpha value is -4.40. The molecule has 1 amide bonds. The Labute approximate surface area is 427 Å². The van der Waals surface area contributed by atoms with Crippen molar-refractivity contribution in [3.05, 3.63) is 137 Å². The first-order valence-corrected chi connectivity index (χ1v) is 30.8. The summed E-state index contributed by atoms with van der Waals surface area (Å²) in [4.78, 5) is 16.4. The Kier molecular flexibility index (Phi) is 18.6. The molecule has 6 rings (SSSR count). The van der Waals surface area contributed by atoms with E-state index in [1.807, 2.05) is 90.5 Å². The monoisotopic (exact) mass is 1070 g/mol. The fraction of sp³-hybridized carbons (Fsp3) is 0.404. The van der Waals surface area contributed by atoms with Gasteiger partial charge in [0.2, 0.25) is 0 Å². The maximum absolute atomic E-state index is 14.3. The Bertz CT molecular complexity index is 2790. The molecule has 1 saturated heterocycles. The molecule has 0 radical (unpaired) electrons. The number of hydrogen-bond donors (Lipinski definition) is 3. The Morgan fingerprint density at radius 3 is 2.14 bits per heavy atom. The van der Waals surface area contributed by atoms with E-state index >= 15 is 0 Å². The second kappa shape index (κ2) is 23.6. The first-order chi connectivity index (χ1) is 33.4. The van der Waals surface area contributed by atoms with Gasteiger partial charge < -0.3 is 24.6 Å². The largest absolute Gasteiger partial charge is 0.501 e. The van der Waals surface area contributed by atoms with Crippen LogP contribution in [-0.4, -0.2) is 97.7 Å². The van der Waals surface area contributed by atoms with Crippen LogP contribution in [0.2, 0.25) is 23.2 Å². The molecule has 0 bridgehead atoms. The van der Waals surface area contributed by atoms with E-state index < -0.39 is 67.2 Å². The molecular formula is C52H64ClF3N4O7S3Si. The highest BCUT2D eigenvalue weighted by Gasteiger charge is 2.48. The van der Waals surface area contributed by atoms with Crippen molar-refractivity contribution in [1.82, 2.24) is 9.62 Å². The van der Waals surface area contributed by atoms with Gasteiger partial charge >= 0.3 is 5.51 Å². The SMILES string of the molecule is CCN(CCO[Si](C)(C)C(C)(C)C)CCC(CSc1ccccc1)Nc1ccc(S(=O)(=O)NC(=O)c2ccc(N3CCC(C(O)c4ccccc4-c4ccc(Cl)cc4)CC3)cc2)cc1S(=O)(=O)C(F)(F)F. The molecule has 5 aromatic carbocycles. The maximum Gasteiger partial charge on any atom is 0.501 e. The van der Waals surface area contributed by atoms with Gasteiger partial charge in [0.15, 0.2) is 8.32 Å². The fourth-order valence-corrected chi connectivity index (χ4v) is 12.3. The summed E-state index contributed by atoms with van der Waals surface area (Å²) in [5.74, 6) is -0.745. The minimum Gasteiger partial charge on any atom is -0.416 e. The summed E-state index contributed by atoms with van der Waals surface area (Å²) in [5.41, 5.74) is -2.77. The summed E-state index contributed by atoms with van der Waals surface area (Å²) >= 11 is 7.55. The minimum absolute atomic E-state index is 0.0217. The molecule has 2 unspecified atom stereocenters. The van der Waals surface area contributed by atoms with Gasteiger partial charge in [-0.2, -0.15) is 13.2 Å². The molecule has 1 fully saturated rings. The van der Waals surface area contributed by atoms with E-state index in [4.69, 9.17) is 16.0 Å². The summed E-state index contributed by atoms with van der Waals surface area (Å²) in [6, 6.07) is 32.6. The molecule has 1 heterocycles. The third kappa shape index (κ3) is 14.4. The van der Waals surface area contributed by atoms with E-state index in [0.717, 1.165) is 39.4 Å². The number of rotatable bonds is 21. The van der Waals surface area contributed by atoms with Gasteiger partial charge in [0.05, 0.1) is 16.7 Å².